The van der Waals surface area contributed by atoms with Crippen molar-refractivity contribution in [3.63, 3.8) is 0 Å². The van der Waals surface area contributed by atoms with Gasteiger partial charge in [0.05, 0.1) is 0 Å². The van der Waals surface area contributed by atoms with Crippen molar-refractivity contribution in [1.82, 2.24) is 19.8 Å². The Morgan fingerprint density at radius 2 is 2.19 bits per heavy atom. The molecule has 0 bridgehead atoms. The van der Waals surface area contributed by atoms with Gasteiger partial charge in [0.1, 0.15) is 5.82 Å². The van der Waals surface area contributed by atoms with E-state index < -0.39 is 0 Å². The molecule has 3 rings (SSSR count). The van der Waals surface area contributed by atoms with Gasteiger partial charge < -0.3 is 9.88 Å². The van der Waals surface area contributed by atoms with Gasteiger partial charge in [-0.15, -0.1) is 0 Å². The SMILES string of the molecule is CCCC1CN(CCc2nccn2C)C2(CCCC2)CN1. The van der Waals surface area contributed by atoms with Crippen molar-refractivity contribution in [2.24, 2.45) is 7.05 Å². The number of hydrogen-bond acceptors (Lipinski definition) is 3. The molecule has 4 heteroatoms. The number of nitrogens with one attached hydrogen (secondary N) is 1. The van der Waals surface area contributed by atoms with E-state index in [1.54, 1.807) is 0 Å². The highest BCUT2D eigenvalue weighted by Gasteiger charge is 2.42. The maximum absolute atomic E-state index is 4.49. The van der Waals surface area contributed by atoms with Crippen LogP contribution < -0.4 is 5.32 Å². The van der Waals surface area contributed by atoms with E-state index in [9.17, 15) is 0 Å². The molecule has 2 aliphatic rings. The van der Waals surface area contributed by atoms with Crippen molar-refractivity contribution >= 4 is 0 Å². The summed E-state index contributed by atoms with van der Waals surface area (Å²) in [5.41, 5.74) is 0.440. The Kier molecular flexibility index (Phi) is 4.65. The fourth-order valence-corrected chi connectivity index (χ4v) is 4.24. The molecular formula is C17H30N4. The molecule has 0 radical (unpaired) electrons. The van der Waals surface area contributed by atoms with Gasteiger partial charge in [-0.2, -0.15) is 0 Å². The molecule has 2 fully saturated rings. The number of hydrogen-bond donors (Lipinski definition) is 1. The summed E-state index contributed by atoms with van der Waals surface area (Å²) in [7, 11) is 2.10. The molecule has 1 spiro atoms. The number of aromatic nitrogens is 2. The standard InChI is InChI=1S/C17H30N4/c1-3-6-15-13-21(11-7-16-18-10-12-20(16)2)17(14-19-15)8-4-5-9-17/h10,12,15,19H,3-9,11,13-14H2,1-2H3. The van der Waals surface area contributed by atoms with E-state index in [0.29, 0.717) is 11.6 Å². The molecule has 1 atom stereocenters. The lowest BCUT2D eigenvalue weighted by molar-refractivity contribution is 0.0415. The number of piperazine rings is 1. The Hall–Kier alpha value is -0.870. The highest BCUT2D eigenvalue weighted by Crippen LogP contribution is 2.37. The maximum Gasteiger partial charge on any atom is 0.109 e. The van der Waals surface area contributed by atoms with Crippen molar-refractivity contribution in [3.8, 4) is 0 Å². The van der Waals surface area contributed by atoms with Gasteiger partial charge in [0.2, 0.25) is 0 Å². The van der Waals surface area contributed by atoms with E-state index >= 15 is 0 Å². The van der Waals surface area contributed by atoms with Crippen LogP contribution in [-0.4, -0.2) is 45.7 Å². The van der Waals surface area contributed by atoms with Gasteiger partial charge in [0, 0.05) is 57.1 Å². The number of nitrogens with zero attached hydrogens (tertiary/aromatic N) is 3. The fraction of sp³-hybridized carbons (Fsp3) is 0.824. The monoisotopic (exact) mass is 290 g/mol. The van der Waals surface area contributed by atoms with Crippen LogP contribution in [0.2, 0.25) is 0 Å². The zero-order valence-electron chi connectivity index (χ0n) is 13.6. The third-order valence-corrected chi connectivity index (χ3v) is 5.53. The quantitative estimate of drug-likeness (QED) is 0.903. The Morgan fingerprint density at radius 1 is 1.38 bits per heavy atom. The molecule has 0 aromatic carbocycles. The minimum absolute atomic E-state index is 0.440. The average Bonchev–Trinajstić information content (AvgIpc) is 3.10. The summed E-state index contributed by atoms with van der Waals surface area (Å²) in [5, 5.41) is 3.82. The first kappa shape index (κ1) is 15.0. The van der Waals surface area contributed by atoms with Crippen molar-refractivity contribution in [2.45, 2.75) is 63.5 Å². The molecule has 21 heavy (non-hydrogen) atoms. The van der Waals surface area contributed by atoms with Crippen LogP contribution in [-0.2, 0) is 13.5 Å². The molecule has 1 aliphatic heterocycles. The molecule has 1 aliphatic carbocycles. The predicted molar refractivity (Wildman–Crippen MR) is 86.4 cm³/mol. The first-order valence-electron chi connectivity index (χ1n) is 8.68. The summed E-state index contributed by atoms with van der Waals surface area (Å²) in [6, 6.07) is 0.683. The van der Waals surface area contributed by atoms with Crippen LogP contribution in [0.3, 0.4) is 0 Å². The van der Waals surface area contributed by atoms with Gasteiger partial charge in [-0.3, -0.25) is 4.90 Å². The lowest BCUT2D eigenvalue weighted by atomic mass is 9.90. The predicted octanol–water partition coefficient (Wildman–Crippen LogP) is 2.35. The second-order valence-electron chi connectivity index (χ2n) is 6.95. The molecule has 0 amide bonds. The van der Waals surface area contributed by atoms with E-state index in [-0.39, 0.29) is 0 Å². The summed E-state index contributed by atoms with van der Waals surface area (Å²) in [6.45, 7) is 5.86. The molecule has 4 nitrogen and oxygen atoms in total. The molecule has 2 heterocycles. The van der Waals surface area contributed by atoms with Gasteiger partial charge in [0.25, 0.3) is 0 Å². The third kappa shape index (κ3) is 3.16. The third-order valence-electron chi connectivity index (χ3n) is 5.53. The number of rotatable bonds is 5. The van der Waals surface area contributed by atoms with Crippen molar-refractivity contribution in [2.75, 3.05) is 19.6 Å². The lowest BCUT2D eigenvalue weighted by Crippen LogP contribution is -2.63. The van der Waals surface area contributed by atoms with Gasteiger partial charge in [-0.05, 0) is 19.3 Å². The largest absolute Gasteiger partial charge is 0.338 e. The zero-order valence-corrected chi connectivity index (χ0v) is 13.6. The molecule has 1 saturated heterocycles. The summed E-state index contributed by atoms with van der Waals surface area (Å²) < 4.78 is 2.16. The summed E-state index contributed by atoms with van der Waals surface area (Å²) in [5.74, 6) is 1.22. The summed E-state index contributed by atoms with van der Waals surface area (Å²) in [4.78, 5) is 7.29. The maximum atomic E-state index is 4.49. The number of imidazole rings is 1. The van der Waals surface area contributed by atoms with Crippen LogP contribution in [0, 0.1) is 0 Å². The van der Waals surface area contributed by atoms with Gasteiger partial charge in [-0.25, -0.2) is 4.98 Å². The second kappa shape index (κ2) is 6.49. The highest BCUT2D eigenvalue weighted by molar-refractivity contribution is 5.03. The van der Waals surface area contributed by atoms with Crippen LogP contribution in [0.4, 0.5) is 0 Å². The Bertz CT molecular complexity index is 447. The minimum Gasteiger partial charge on any atom is -0.338 e. The molecular weight excluding hydrogens is 260 g/mol. The van der Waals surface area contributed by atoms with E-state index in [2.05, 4.69) is 39.9 Å². The van der Waals surface area contributed by atoms with Crippen molar-refractivity contribution < 1.29 is 0 Å². The van der Waals surface area contributed by atoms with Crippen LogP contribution in [0.15, 0.2) is 12.4 Å². The molecule has 1 N–H and O–H groups in total. The normalized spacial score (nSPS) is 25.7. The second-order valence-corrected chi connectivity index (χ2v) is 6.95. The summed E-state index contributed by atoms with van der Waals surface area (Å²) >= 11 is 0. The van der Waals surface area contributed by atoms with Crippen LogP contribution >= 0.6 is 0 Å². The van der Waals surface area contributed by atoms with E-state index in [1.165, 1.54) is 57.4 Å². The van der Waals surface area contributed by atoms with Gasteiger partial charge in [0.15, 0.2) is 0 Å². The molecule has 1 aromatic rings. The van der Waals surface area contributed by atoms with E-state index in [1.807, 2.05) is 6.20 Å². The average molecular weight is 290 g/mol. The van der Waals surface area contributed by atoms with E-state index in [0.717, 1.165) is 13.0 Å². The number of aryl methyl sites for hydroxylation is 1. The van der Waals surface area contributed by atoms with Crippen LogP contribution in [0.5, 0.6) is 0 Å². The van der Waals surface area contributed by atoms with Crippen LogP contribution in [0.1, 0.15) is 51.3 Å². The molecule has 1 unspecified atom stereocenters. The lowest BCUT2D eigenvalue weighted by Gasteiger charge is -2.48. The van der Waals surface area contributed by atoms with E-state index in [4.69, 9.17) is 0 Å². The molecule has 118 valence electrons. The van der Waals surface area contributed by atoms with Gasteiger partial charge >= 0.3 is 0 Å². The zero-order chi connectivity index (χ0) is 14.7. The van der Waals surface area contributed by atoms with Crippen molar-refractivity contribution in [1.29, 1.82) is 0 Å². The highest BCUT2D eigenvalue weighted by atomic mass is 15.3. The van der Waals surface area contributed by atoms with Crippen molar-refractivity contribution in [3.05, 3.63) is 18.2 Å². The first-order chi connectivity index (χ1) is 10.2. The molecule has 1 saturated carbocycles. The Balaban J connectivity index is 1.66. The topological polar surface area (TPSA) is 33.1 Å². The Morgan fingerprint density at radius 3 is 2.86 bits per heavy atom. The fourth-order valence-electron chi connectivity index (χ4n) is 4.24. The Labute approximate surface area is 128 Å². The molecule has 1 aromatic heterocycles. The minimum atomic E-state index is 0.440. The van der Waals surface area contributed by atoms with Crippen LogP contribution in [0.25, 0.3) is 0 Å². The summed E-state index contributed by atoms with van der Waals surface area (Å²) in [6.07, 6.45) is 13.2. The smallest absolute Gasteiger partial charge is 0.109 e. The first-order valence-corrected chi connectivity index (χ1v) is 8.68. The van der Waals surface area contributed by atoms with Gasteiger partial charge in [-0.1, -0.05) is 26.2 Å².